The first-order chi connectivity index (χ1) is 12.6. The van der Waals surface area contributed by atoms with Crippen LogP contribution in [-0.2, 0) is 4.79 Å². The molecule has 11 nitrogen and oxygen atoms in total. The number of likely N-dealkylation sites (N-methyl/N-ethyl adjacent to an activating group) is 2. The number of hydrogen-bond acceptors (Lipinski definition) is 11. The van der Waals surface area contributed by atoms with E-state index in [-0.39, 0.29) is 30.2 Å². The molecule has 2 saturated heterocycles. The Morgan fingerprint density at radius 2 is 0.923 bits per heavy atom. The number of Topliss-reactive ketones (excluding diaryl/α,β-unsaturated/α-hetero) is 1. The molecule has 0 bridgehead atoms. The van der Waals surface area contributed by atoms with Crippen LogP contribution in [0.5, 0.6) is 0 Å². The molecule has 0 aliphatic carbocycles. The van der Waals surface area contributed by atoms with Gasteiger partial charge in [-0.1, -0.05) is 0 Å². The molecule has 0 saturated carbocycles. The lowest BCUT2D eigenvalue weighted by molar-refractivity contribution is -0.150. The van der Waals surface area contributed by atoms with E-state index in [0.717, 1.165) is 26.2 Å². The Hall–Kier alpha value is -0.730. The van der Waals surface area contributed by atoms with Crippen LogP contribution in [0.25, 0.3) is 0 Å². The number of hydrazine groups is 4. The number of rotatable bonds is 8. The van der Waals surface area contributed by atoms with Crippen LogP contribution >= 0.6 is 0 Å². The number of carbonyl (C=O) groups is 1. The molecule has 152 valence electrons. The summed E-state index contributed by atoms with van der Waals surface area (Å²) in [5.41, 5.74) is 12.8. The van der Waals surface area contributed by atoms with Crippen LogP contribution < -0.4 is 32.3 Å². The third-order valence-electron chi connectivity index (χ3n) is 5.43. The van der Waals surface area contributed by atoms with Gasteiger partial charge in [-0.05, 0) is 42.3 Å². The van der Waals surface area contributed by atoms with E-state index in [4.69, 9.17) is 0 Å². The molecule has 2 aliphatic heterocycles. The molecular formula is C15H36N10O. The number of hydrogen-bond donors (Lipinski definition) is 6. The van der Waals surface area contributed by atoms with Crippen LogP contribution in [0.15, 0.2) is 0 Å². The van der Waals surface area contributed by atoms with Crippen LogP contribution in [0, 0.1) is 0 Å². The first kappa shape index (κ1) is 21.6. The van der Waals surface area contributed by atoms with Crippen LogP contribution in [0.4, 0.5) is 0 Å². The van der Waals surface area contributed by atoms with Crippen molar-refractivity contribution in [3.63, 3.8) is 0 Å². The van der Waals surface area contributed by atoms with E-state index in [1.165, 1.54) is 0 Å². The highest BCUT2D eigenvalue weighted by atomic mass is 16.1. The highest BCUT2D eigenvalue weighted by Gasteiger charge is 2.48. The highest BCUT2D eigenvalue weighted by Crippen LogP contribution is 2.20. The maximum Gasteiger partial charge on any atom is 0.175 e. The average Bonchev–Trinajstić information content (AvgIpc) is 2.70. The van der Waals surface area contributed by atoms with Gasteiger partial charge in [0.05, 0.1) is 12.3 Å². The highest BCUT2D eigenvalue weighted by molar-refractivity contribution is 5.90. The van der Waals surface area contributed by atoms with Crippen LogP contribution in [-0.4, -0.2) is 119 Å². The maximum absolute atomic E-state index is 13.8. The molecule has 11 heteroatoms. The summed E-state index contributed by atoms with van der Waals surface area (Å²) in [6, 6.07) is -0.695. The van der Waals surface area contributed by atoms with Crippen molar-refractivity contribution in [1.82, 2.24) is 52.4 Å². The zero-order chi connectivity index (χ0) is 19.3. The van der Waals surface area contributed by atoms with E-state index >= 15 is 0 Å². The molecule has 2 aliphatic rings. The summed E-state index contributed by atoms with van der Waals surface area (Å²) < 4.78 is 0. The zero-order valence-corrected chi connectivity index (χ0v) is 16.8. The van der Waals surface area contributed by atoms with Gasteiger partial charge in [-0.15, -0.1) is 0 Å². The predicted octanol–water partition coefficient (Wildman–Crippen LogP) is -3.84. The third-order valence-corrected chi connectivity index (χ3v) is 5.43. The first-order valence-electron chi connectivity index (χ1n) is 9.22. The molecule has 0 spiro atoms. The number of piperazine rings is 2. The molecule has 0 aromatic heterocycles. The van der Waals surface area contributed by atoms with Crippen molar-refractivity contribution in [2.75, 3.05) is 68.5 Å². The van der Waals surface area contributed by atoms with E-state index < -0.39 is 0 Å². The van der Waals surface area contributed by atoms with Crippen molar-refractivity contribution >= 4 is 5.78 Å². The Labute approximate surface area is 156 Å². The summed E-state index contributed by atoms with van der Waals surface area (Å²) in [6.45, 7) is 3.12. The minimum absolute atomic E-state index is 0.144. The SMILES string of the molecule is CNC1C(C(=O)C2C(NC)N(NC)CCN2NC)N(NC)CCN1NC. The van der Waals surface area contributed by atoms with E-state index in [9.17, 15) is 4.79 Å². The van der Waals surface area contributed by atoms with Gasteiger partial charge >= 0.3 is 0 Å². The van der Waals surface area contributed by atoms with E-state index in [0.29, 0.717) is 0 Å². The fourth-order valence-electron chi connectivity index (χ4n) is 4.09. The topological polar surface area (TPSA) is 102 Å². The quantitative estimate of drug-likeness (QED) is 0.253. The normalized spacial score (nSPS) is 32.8. The van der Waals surface area contributed by atoms with Gasteiger partial charge in [0.2, 0.25) is 0 Å². The zero-order valence-electron chi connectivity index (χ0n) is 16.8. The molecule has 6 N–H and O–H groups in total. The molecule has 4 atom stereocenters. The molecule has 26 heavy (non-hydrogen) atoms. The fourth-order valence-corrected chi connectivity index (χ4v) is 4.09. The second-order valence-corrected chi connectivity index (χ2v) is 6.43. The standard InChI is InChI=1S/C15H36N10O/c1-16-14-11(22(18-3)7-9-24(14)20-5)13(26)12-15(17-2)25(21-6)10-8-23(12)19-4/h11-12,14-21H,7-10H2,1-6H3. The first-order valence-corrected chi connectivity index (χ1v) is 9.22. The molecule has 0 amide bonds. The van der Waals surface area contributed by atoms with Crippen LogP contribution in [0.1, 0.15) is 0 Å². The number of carbonyl (C=O) groups excluding carboxylic acids is 1. The molecule has 0 aromatic rings. The van der Waals surface area contributed by atoms with Crippen molar-refractivity contribution in [2.24, 2.45) is 0 Å². The van der Waals surface area contributed by atoms with Gasteiger partial charge in [0.25, 0.3) is 0 Å². The third kappa shape index (κ3) is 4.07. The van der Waals surface area contributed by atoms with E-state index in [1.807, 2.05) is 52.3 Å². The summed E-state index contributed by atoms with van der Waals surface area (Å²) in [6.07, 6.45) is -0.287. The van der Waals surface area contributed by atoms with Crippen LogP contribution in [0.2, 0.25) is 0 Å². The smallest absolute Gasteiger partial charge is 0.175 e. The second-order valence-electron chi connectivity index (χ2n) is 6.43. The summed E-state index contributed by atoms with van der Waals surface area (Å²) in [7, 11) is 11.3. The molecule has 0 aromatic carbocycles. The van der Waals surface area contributed by atoms with Gasteiger partial charge in [0, 0.05) is 26.2 Å². The van der Waals surface area contributed by atoms with Gasteiger partial charge in [-0.2, -0.15) is 0 Å². The van der Waals surface area contributed by atoms with Crippen molar-refractivity contribution in [3.8, 4) is 0 Å². The molecule has 0 radical (unpaired) electrons. The molecular weight excluding hydrogens is 336 g/mol. The van der Waals surface area contributed by atoms with Gasteiger partial charge < -0.3 is 10.6 Å². The van der Waals surface area contributed by atoms with E-state index in [2.05, 4.69) is 42.4 Å². The minimum atomic E-state index is -0.347. The Morgan fingerprint density at radius 1 is 0.615 bits per heavy atom. The predicted molar refractivity (Wildman–Crippen MR) is 101 cm³/mol. The second kappa shape index (κ2) is 9.99. The molecule has 2 fully saturated rings. The van der Waals surface area contributed by atoms with Crippen molar-refractivity contribution < 1.29 is 4.79 Å². The Morgan fingerprint density at radius 3 is 1.19 bits per heavy atom. The summed E-state index contributed by atoms with van der Waals surface area (Å²) in [5.74, 6) is 0.146. The largest absolute Gasteiger partial charge is 0.302 e. The van der Waals surface area contributed by atoms with Gasteiger partial charge in [0.1, 0.15) is 12.1 Å². The lowest BCUT2D eigenvalue weighted by Gasteiger charge is -2.50. The van der Waals surface area contributed by atoms with Gasteiger partial charge in [-0.25, -0.2) is 20.0 Å². The van der Waals surface area contributed by atoms with Crippen molar-refractivity contribution in [3.05, 3.63) is 0 Å². The lowest BCUT2D eigenvalue weighted by atomic mass is 9.95. The summed E-state index contributed by atoms with van der Waals surface area (Å²) in [5, 5.41) is 14.8. The van der Waals surface area contributed by atoms with Gasteiger partial charge in [-0.3, -0.25) is 26.5 Å². The molecule has 2 rings (SSSR count). The number of nitrogens with one attached hydrogen (secondary N) is 6. The molecule has 4 unspecified atom stereocenters. The van der Waals surface area contributed by atoms with E-state index in [1.54, 1.807) is 0 Å². The summed E-state index contributed by atoms with van der Waals surface area (Å²) >= 11 is 0. The van der Waals surface area contributed by atoms with Crippen molar-refractivity contribution in [2.45, 2.75) is 24.4 Å². The van der Waals surface area contributed by atoms with Gasteiger partial charge in [0.15, 0.2) is 5.78 Å². The monoisotopic (exact) mass is 372 g/mol. The Balaban J connectivity index is 2.35. The van der Waals surface area contributed by atoms with Crippen molar-refractivity contribution in [1.29, 1.82) is 0 Å². The molecule has 2 heterocycles. The summed E-state index contributed by atoms with van der Waals surface area (Å²) in [4.78, 5) is 13.8. The van der Waals surface area contributed by atoms with Crippen LogP contribution in [0.3, 0.4) is 0 Å². The Bertz CT molecular complexity index is 414. The minimum Gasteiger partial charge on any atom is -0.302 e. The number of ketones is 1. The maximum atomic E-state index is 13.8. The average molecular weight is 373 g/mol. The Kier molecular flexibility index (Phi) is 8.29. The lowest BCUT2D eigenvalue weighted by Crippen LogP contribution is -2.77. The fraction of sp³-hybridized carbons (Fsp3) is 0.933. The number of nitrogens with zero attached hydrogens (tertiary/aromatic N) is 4.